The van der Waals surface area contributed by atoms with Gasteiger partial charge in [0.25, 0.3) is 0 Å². The van der Waals surface area contributed by atoms with E-state index in [1.807, 2.05) is 30.3 Å². The molecule has 2 heteroatoms. The van der Waals surface area contributed by atoms with Crippen molar-refractivity contribution < 1.29 is 4.79 Å². The lowest BCUT2D eigenvalue weighted by Gasteiger charge is -2.30. The molecule has 1 aliphatic rings. The summed E-state index contributed by atoms with van der Waals surface area (Å²) in [5.74, 6) is 0.158. The van der Waals surface area contributed by atoms with E-state index >= 15 is 0 Å². The number of Topliss-reactive ketones (excluding diaryl/α,β-unsaturated/α-hetero) is 1. The average Bonchev–Trinajstić information content (AvgIpc) is 2.75. The minimum absolute atomic E-state index is 0.158. The highest BCUT2D eigenvalue weighted by molar-refractivity contribution is 6.14. The van der Waals surface area contributed by atoms with Gasteiger partial charge in [0.1, 0.15) is 0 Å². The van der Waals surface area contributed by atoms with Crippen LogP contribution in [0.15, 0.2) is 90.0 Å². The van der Waals surface area contributed by atoms with E-state index in [-0.39, 0.29) is 5.78 Å². The summed E-state index contributed by atoms with van der Waals surface area (Å²) in [6, 6.07) is 26.9. The summed E-state index contributed by atoms with van der Waals surface area (Å²) in [4.78, 5) is 15.7. The van der Waals surface area contributed by atoms with Crippen LogP contribution in [0.2, 0.25) is 0 Å². The Balaban J connectivity index is 1.71. The van der Waals surface area contributed by atoms with E-state index in [4.69, 9.17) is 0 Å². The van der Waals surface area contributed by atoms with Crippen LogP contribution in [0, 0.1) is 13.8 Å². The Morgan fingerprint density at radius 2 is 1.17 bits per heavy atom. The van der Waals surface area contributed by atoms with Crippen LogP contribution in [0.5, 0.6) is 0 Å². The molecule has 0 aromatic heterocycles. The number of rotatable bonds is 4. The second-order valence-corrected chi connectivity index (χ2v) is 8.01. The molecule has 0 aliphatic carbocycles. The number of piperidine rings is 1. The third-order valence-corrected chi connectivity index (χ3v) is 5.66. The SMILES string of the molecule is Cc1ccccc1/C=C1\CN(Cc2ccccc2)C/C(=C\c2ccccc2C)C1=O. The van der Waals surface area contributed by atoms with Crippen molar-refractivity contribution in [3.8, 4) is 0 Å². The van der Waals surface area contributed by atoms with Crippen molar-refractivity contribution in [1.82, 2.24) is 4.90 Å². The van der Waals surface area contributed by atoms with Crippen LogP contribution >= 0.6 is 0 Å². The molecule has 0 unspecified atom stereocenters. The van der Waals surface area contributed by atoms with Crippen LogP contribution < -0.4 is 0 Å². The Morgan fingerprint density at radius 3 is 1.67 bits per heavy atom. The van der Waals surface area contributed by atoms with Gasteiger partial charge < -0.3 is 0 Å². The molecule has 3 aromatic rings. The Kier molecular flexibility index (Phi) is 6.06. The Hall–Kier alpha value is -3.23. The average molecular weight is 394 g/mol. The Bertz CT molecular complexity index is 1040. The lowest BCUT2D eigenvalue weighted by Crippen LogP contribution is -2.37. The predicted molar refractivity (Wildman–Crippen MR) is 125 cm³/mol. The van der Waals surface area contributed by atoms with Crippen LogP contribution in [-0.2, 0) is 11.3 Å². The third kappa shape index (κ3) is 4.67. The molecule has 0 radical (unpaired) electrons. The summed E-state index contributed by atoms with van der Waals surface area (Å²) in [6.07, 6.45) is 4.14. The Morgan fingerprint density at radius 1 is 0.700 bits per heavy atom. The van der Waals surface area contributed by atoms with Gasteiger partial charge in [-0.1, -0.05) is 78.9 Å². The smallest absolute Gasteiger partial charge is 0.187 e. The van der Waals surface area contributed by atoms with Gasteiger partial charge in [-0.15, -0.1) is 0 Å². The van der Waals surface area contributed by atoms with E-state index in [0.717, 1.165) is 28.8 Å². The van der Waals surface area contributed by atoms with E-state index in [0.29, 0.717) is 13.1 Å². The quantitative estimate of drug-likeness (QED) is 0.518. The summed E-state index contributed by atoms with van der Waals surface area (Å²) in [5, 5.41) is 0. The highest BCUT2D eigenvalue weighted by Crippen LogP contribution is 2.25. The molecule has 0 N–H and O–H groups in total. The largest absolute Gasteiger partial charge is 0.290 e. The molecule has 1 heterocycles. The van der Waals surface area contributed by atoms with Crippen LogP contribution in [0.1, 0.15) is 27.8 Å². The second kappa shape index (κ2) is 9.06. The van der Waals surface area contributed by atoms with Crippen LogP contribution in [-0.4, -0.2) is 23.8 Å². The highest BCUT2D eigenvalue weighted by Gasteiger charge is 2.26. The number of aryl methyl sites for hydroxylation is 2. The number of carbonyl (C=O) groups is 1. The fourth-order valence-electron chi connectivity index (χ4n) is 3.94. The summed E-state index contributed by atoms with van der Waals surface area (Å²) in [5.41, 5.74) is 7.55. The number of nitrogens with zero attached hydrogens (tertiary/aromatic N) is 1. The monoisotopic (exact) mass is 393 g/mol. The third-order valence-electron chi connectivity index (χ3n) is 5.66. The van der Waals surface area contributed by atoms with Crippen LogP contribution in [0.3, 0.4) is 0 Å². The Labute approximate surface area is 179 Å². The summed E-state index contributed by atoms with van der Waals surface area (Å²) in [7, 11) is 0. The topological polar surface area (TPSA) is 20.3 Å². The number of likely N-dealkylation sites (tertiary alicyclic amines) is 1. The number of carbonyl (C=O) groups excluding carboxylic acids is 1. The van der Waals surface area contributed by atoms with Crippen molar-refractivity contribution in [1.29, 1.82) is 0 Å². The standard InChI is InChI=1S/C28H27NO/c1-21-10-6-8-14-24(21)16-26-19-29(18-23-12-4-3-5-13-23)20-27(28(26)30)17-25-15-9-7-11-22(25)2/h3-17H,18-20H2,1-2H3/b26-16+,27-17+. The van der Waals surface area contributed by atoms with Crippen molar-refractivity contribution in [2.75, 3.05) is 13.1 Å². The normalized spacial score (nSPS) is 17.6. The van der Waals surface area contributed by atoms with Crippen molar-refractivity contribution in [2.24, 2.45) is 0 Å². The van der Waals surface area contributed by atoms with Gasteiger partial charge >= 0.3 is 0 Å². The molecule has 0 saturated carbocycles. The minimum atomic E-state index is 0.158. The number of ketones is 1. The lowest BCUT2D eigenvalue weighted by atomic mass is 9.92. The molecule has 0 atom stereocenters. The van der Waals surface area contributed by atoms with Crippen molar-refractivity contribution in [3.63, 3.8) is 0 Å². The minimum Gasteiger partial charge on any atom is -0.290 e. The van der Waals surface area contributed by atoms with Gasteiger partial charge in [0.2, 0.25) is 0 Å². The molecule has 1 fully saturated rings. The van der Waals surface area contributed by atoms with Gasteiger partial charge in [-0.2, -0.15) is 0 Å². The zero-order chi connectivity index (χ0) is 20.9. The van der Waals surface area contributed by atoms with E-state index < -0.39 is 0 Å². The molecule has 150 valence electrons. The first-order chi connectivity index (χ1) is 14.6. The van der Waals surface area contributed by atoms with Gasteiger partial charge in [-0.3, -0.25) is 9.69 Å². The molecule has 0 spiro atoms. The zero-order valence-corrected chi connectivity index (χ0v) is 17.6. The van der Waals surface area contributed by atoms with E-state index in [1.54, 1.807) is 0 Å². The molecule has 1 saturated heterocycles. The second-order valence-electron chi connectivity index (χ2n) is 8.01. The maximum atomic E-state index is 13.4. The fourth-order valence-corrected chi connectivity index (χ4v) is 3.94. The lowest BCUT2D eigenvalue weighted by molar-refractivity contribution is -0.113. The van der Waals surface area contributed by atoms with Crippen molar-refractivity contribution in [2.45, 2.75) is 20.4 Å². The van der Waals surface area contributed by atoms with E-state index in [1.165, 1.54) is 16.7 Å². The van der Waals surface area contributed by atoms with E-state index in [9.17, 15) is 4.79 Å². The first-order valence-electron chi connectivity index (χ1n) is 10.4. The van der Waals surface area contributed by atoms with Gasteiger partial charge in [-0.05, 0) is 53.8 Å². The molecule has 2 nitrogen and oxygen atoms in total. The van der Waals surface area contributed by atoms with Gasteiger partial charge in [0.15, 0.2) is 5.78 Å². The van der Waals surface area contributed by atoms with Crippen LogP contribution in [0.25, 0.3) is 12.2 Å². The van der Waals surface area contributed by atoms with Crippen LogP contribution in [0.4, 0.5) is 0 Å². The first-order valence-corrected chi connectivity index (χ1v) is 10.4. The number of benzene rings is 3. The number of hydrogen-bond donors (Lipinski definition) is 0. The summed E-state index contributed by atoms with van der Waals surface area (Å²) in [6.45, 7) is 6.32. The molecular formula is C28H27NO. The molecule has 4 rings (SSSR count). The van der Waals surface area contributed by atoms with Gasteiger partial charge in [-0.25, -0.2) is 0 Å². The maximum Gasteiger partial charge on any atom is 0.187 e. The molecule has 30 heavy (non-hydrogen) atoms. The fraction of sp³-hybridized carbons (Fsp3) is 0.179. The van der Waals surface area contributed by atoms with Gasteiger partial charge in [0.05, 0.1) is 0 Å². The molecule has 0 amide bonds. The van der Waals surface area contributed by atoms with Crippen molar-refractivity contribution in [3.05, 3.63) is 118 Å². The highest BCUT2D eigenvalue weighted by atomic mass is 16.1. The molecule has 3 aromatic carbocycles. The first kappa shape index (κ1) is 20.1. The predicted octanol–water partition coefficient (Wildman–Crippen LogP) is 5.86. The zero-order valence-electron chi connectivity index (χ0n) is 17.6. The molecule has 1 aliphatic heterocycles. The van der Waals surface area contributed by atoms with Gasteiger partial charge in [0, 0.05) is 30.8 Å². The summed E-state index contributed by atoms with van der Waals surface area (Å²) < 4.78 is 0. The molecular weight excluding hydrogens is 366 g/mol. The van der Waals surface area contributed by atoms with Crippen molar-refractivity contribution >= 4 is 17.9 Å². The van der Waals surface area contributed by atoms with E-state index in [2.05, 4.69) is 79.4 Å². The number of hydrogen-bond acceptors (Lipinski definition) is 2. The molecule has 0 bridgehead atoms. The summed E-state index contributed by atoms with van der Waals surface area (Å²) >= 11 is 0. The maximum absolute atomic E-state index is 13.4.